The normalized spacial score (nSPS) is 12.6. The number of rotatable bonds is 5. The third-order valence-corrected chi connectivity index (χ3v) is 3.23. The van der Waals surface area contributed by atoms with E-state index in [2.05, 4.69) is 19.2 Å². The Labute approximate surface area is 117 Å². The van der Waals surface area contributed by atoms with Crippen LogP contribution in [0.1, 0.15) is 19.6 Å². The van der Waals surface area contributed by atoms with E-state index < -0.39 is 5.82 Å². The largest absolute Gasteiger partial charge is 0.461 e. The molecule has 0 bridgehead atoms. The van der Waals surface area contributed by atoms with Crippen LogP contribution in [0, 0.1) is 5.82 Å². The molecule has 102 valence electrons. The molecule has 2 rings (SSSR count). The Morgan fingerprint density at radius 2 is 2.11 bits per heavy atom. The molecule has 0 fully saturated rings. The molecule has 0 amide bonds. The summed E-state index contributed by atoms with van der Waals surface area (Å²) in [6.45, 7) is 5.06. The summed E-state index contributed by atoms with van der Waals surface area (Å²) in [6, 6.07) is 8.89. The van der Waals surface area contributed by atoms with Gasteiger partial charge in [0.25, 0.3) is 0 Å². The first-order valence-electron chi connectivity index (χ1n) is 6.38. The first-order valence-corrected chi connectivity index (χ1v) is 6.76. The third-order valence-electron chi connectivity index (χ3n) is 2.94. The molecule has 0 aliphatic heterocycles. The van der Waals surface area contributed by atoms with Crippen LogP contribution in [0.3, 0.4) is 0 Å². The second-order valence-electron chi connectivity index (χ2n) is 4.53. The first-order chi connectivity index (χ1) is 9.11. The average molecular weight is 282 g/mol. The Kier molecular flexibility index (Phi) is 4.61. The van der Waals surface area contributed by atoms with Crippen LogP contribution in [-0.2, 0) is 6.42 Å². The number of likely N-dealkylation sites (N-methyl/N-ethyl adjacent to an activating group) is 1. The molecule has 2 nitrogen and oxygen atoms in total. The molecule has 1 aromatic carbocycles. The number of hydrogen-bond donors (Lipinski definition) is 1. The van der Waals surface area contributed by atoms with Crippen molar-refractivity contribution in [3.63, 3.8) is 0 Å². The highest BCUT2D eigenvalue weighted by Gasteiger charge is 2.13. The van der Waals surface area contributed by atoms with Crippen LogP contribution in [0.4, 0.5) is 4.39 Å². The molecule has 0 spiro atoms. The molecule has 0 saturated heterocycles. The molecule has 1 unspecified atom stereocenters. The van der Waals surface area contributed by atoms with Crippen molar-refractivity contribution < 1.29 is 8.81 Å². The Bertz CT molecular complexity index is 553. The van der Waals surface area contributed by atoms with Crippen LogP contribution < -0.4 is 5.32 Å². The molecule has 19 heavy (non-hydrogen) atoms. The van der Waals surface area contributed by atoms with Gasteiger partial charge in [-0.2, -0.15) is 0 Å². The van der Waals surface area contributed by atoms with Crippen molar-refractivity contribution in [1.82, 2.24) is 5.32 Å². The van der Waals surface area contributed by atoms with Gasteiger partial charge < -0.3 is 9.73 Å². The highest BCUT2D eigenvalue weighted by atomic mass is 35.5. The maximum Gasteiger partial charge on any atom is 0.152 e. The molecule has 1 aromatic heterocycles. The van der Waals surface area contributed by atoms with E-state index in [0.29, 0.717) is 17.4 Å². The minimum atomic E-state index is -0.440. The maximum absolute atomic E-state index is 13.9. The summed E-state index contributed by atoms with van der Waals surface area (Å²) in [7, 11) is 0. The summed E-state index contributed by atoms with van der Waals surface area (Å²) < 4.78 is 19.6. The third kappa shape index (κ3) is 3.37. The number of nitrogens with one attached hydrogen (secondary N) is 1. The molecule has 0 radical (unpaired) electrons. The predicted octanol–water partition coefficient (Wildman–Crippen LogP) is 4.28. The Morgan fingerprint density at radius 3 is 2.84 bits per heavy atom. The Morgan fingerprint density at radius 1 is 1.32 bits per heavy atom. The van der Waals surface area contributed by atoms with E-state index in [0.717, 1.165) is 18.7 Å². The zero-order chi connectivity index (χ0) is 13.8. The fourth-order valence-corrected chi connectivity index (χ4v) is 2.22. The molecule has 4 heteroatoms. The van der Waals surface area contributed by atoms with Gasteiger partial charge in [-0.3, -0.25) is 0 Å². The van der Waals surface area contributed by atoms with E-state index in [-0.39, 0.29) is 5.02 Å². The summed E-state index contributed by atoms with van der Waals surface area (Å²) in [5.74, 6) is 0.909. The zero-order valence-electron chi connectivity index (χ0n) is 11.0. The van der Waals surface area contributed by atoms with Crippen LogP contribution in [0.5, 0.6) is 0 Å². The molecular formula is C15H17ClFNO. The second-order valence-corrected chi connectivity index (χ2v) is 4.94. The molecule has 0 aliphatic carbocycles. The highest BCUT2D eigenvalue weighted by molar-refractivity contribution is 6.31. The van der Waals surface area contributed by atoms with Gasteiger partial charge in [0.1, 0.15) is 11.5 Å². The topological polar surface area (TPSA) is 25.2 Å². The summed E-state index contributed by atoms with van der Waals surface area (Å²) in [6.07, 6.45) is 0.774. The monoisotopic (exact) mass is 281 g/mol. The van der Waals surface area contributed by atoms with Gasteiger partial charge >= 0.3 is 0 Å². The average Bonchev–Trinajstić information content (AvgIpc) is 2.81. The number of furan rings is 1. The van der Waals surface area contributed by atoms with Crippen LogP contribution in [0.15, 0.2) is 34.7 Å². The van der Waals surface area contributed by atoms with Crippen molar-refractivity contribution in [1.29, 1.82) is 0 Å². The van der Waals surface area contributed by atoms with Crippen molar-refractivity contribution in [2.45, 2.75) is 26.3 Å². The van der Waals surface area contributed by atoms with Gasteiger partial charge in [-0.25, -0.2) is 4.39 Å². The lowest BCUT2D eigenvalue weighted by molar-refractivity contribution is 0.468. The molecule has 0 saturated carbocycles. The van der Waals surface area contributed by atoms with E-state index in [4.69, 9.17) is 16.0 Å². The summed E-state index contributed by atoms with van der Waals surface area (Å²) in [4.78, 5) is 0. The lowest BCUT2D eigenvalue weighted by Crippen LogP contribution is -2.27. The van der Waals surface area contributed by atoms with E-state index in [1.807, 2.05) is 6.07 Å². The van der Waals surface area contributed by atoms with Crippen LogP contribution in [-0.4, -0.2) is 12.6 Å². The van der Waals surface area contributed by atoms with Gasteiger partial charge in [-0.05, 0) is 37.7 Å². The smallest absolute Gasteiger partial charge is 0.152 e. The van der Waals surface area contributed by atoms with Gasteiger partial charge in [0.05, 0.1) is 10.6 Å². The highest BCUT2D eigenvalue weighted by Crippen LogP contribution is 2.29. The number of hydrogen-bond acceptors (Lipinski definition) is 2. The predicted molar refractivity (Wildman–Crippen MR) is 76.0 cm³/mol. The molecule has 1 atom stereocenters. The van der Waals surface area contributed by atoms with E-state index in [1.165, 1.54) is 6.07 Å². The van der Waals surface area contributed by atoms with Gasteiger partial charge in [0.2, 0.25) is 0 Å². The fourth-order valence-electron chi connectivity index (χ4n) is 2.05. The lowest BCUT2D eigenvalue weighted by Gasteiger charge is -2.09. The van der Waals surface area contributed by atoms with Crippen molar-refractivity contribution in [3.05, 3.63) is 46.9 Å². The molecule has 0 aliphatic rings. The van der Waals surface area contributed by atoms with Crippen molar-refractivity contribution in [2.75, 3.05) is 6.54 Å². The summed E-state index contributed by atoms with van der Waals surface area (Å²) in [5, 5.41) is 3.42. The molecule has 1 N–H and O–H groups in total. The zero-order valence-corrected chi connectivity index (χ0v) is 11.8. The van der Waals surface area contributed by atoms with Gasteiger partial charge in [-0.1, -0.05) is 24.6 Å². The number of benzene rings is 1. The number of halogens is 2. The minimum absolute atomic E-state index is 0.108. The van der Waals surface area contributed by atoms with Crippen LogP contribution in [0.2, 0.25) is 5.02 Å². The van der Waals surface area contributed by atoms with Crippen molar-refractivity contribution in [3.8, 4) is 11.3 Å². The van der Waals surface area contributed by atoms with E-state index >= 15 is 0 Å². The summed E-state index contributed by atoms with van der Waals surface area (Å²) in [5.41, 5.74) is 0.398. The maximum atomic E-state index is 13.9. The van der Waals surface area contributed by atoms with Gasteiger partial charge in [-0.15, -0.1) is 0 Å². The van der Waals surface area contributed by atoms with Crippen LogP contribution in [0.25, 0.3) is 11.3 Å². The Balaban J connectivity index is 2.19. The van der Waals surface area contributed by atoms with Gasteiger partial charge in [0.15, 0.2) is 5.82 Å². The summed E-state index contributed by atoms with van der Waals surface area (Å²) >= 11 is 5.77. The van der Waals surface area contributed by atoms with E-state index in [9.17, 15) is 4.39 Å². The fraction of sp³-hybridized carbons (Fsp3) is 0.333. The van der Waals surface area contributed by atoms with Crippen molar-refractivity contribution in [2.24, 2.45) is 0 Å². The minimum Gasteiger partial charge on any atom is -0.461 e. The van der Waals surface area contributed by atoms with Crippen molar-refractivity contribution >= 4 is 11.6 Å². The Hall–Kier alpha value is -1.32. The second kappa shape index (κ2) is 6.22. The molecular weight excluding hydrogens is 265 g/mol. The molecule has 1 heterocycles. The quantitative estimate of drug-likeness (QED) is 0.885. The van der Waals surface area contributed by atoms with Crippen LogP contribution >= 0.6 is 11.6 Å². The van der Waals surface area contributed by atoms with Gasteiger partial charge in [0, 0.05) is 12.5 Å². The SMILES string of the molecule is CCNC(C)Cc1ccc(-c2cccc(Cl)c2F)o1. The van der Waals surface area contributed by atoms with E-state index in [1.54, 1.807) is 18.2 Å². The standard InChI is InChI=1S/C15H17ClFNO/c1-3-18-10(2)9-11-7-8-14(19-11)12-5-4-6-13(16)15(12)17/h4-8,10,18H,3,9H2,1-2H3. The lowest BCUT2D eigenvalue weighted by atomic mass is 10.1. The molecule has 2 aromatic rings. The first kappa shape index (κ1) is 14.1.